The Balaban J connectivity index is 1.90. The first kappa shape index (κ1) is 17.0. The van der Waals surface area contributed by atoms with E-state index in [9.17, 15) is 19.6 Å². The van der Waals surface area contributed by atoms with Gasteiger partial charge in [0, 0.05) is 0 Å². The molecule has 7 N–H and O–H groups in total. The molecule has 0 amide bonds. The van der Waals surface area contributed by atoms with Crippen LogP contribution in [0.2, 0.25) is 0 Å². The molecule has 24 heavy (non-hydrogen) atoms. The maximum absolute atomic E-state index is 11.7. The van der Waals surface area contributed by atoms with E-state index in [1.807, 2.05) is 0 Å². The smallest absolute Gasteiger partial charge is 0.387 e. The topological polar surface area (TPSA) is 206 Å². The monoisotopic (exact) mass is 363 g/mol. The predicted octanol–water partition coefficient (Wildman–Crippen LogP) is -2.57. The summed E-state index contributed by atoms with van der Waals surface area (Å²) in [6, 6.07) is 0. The number of anilines is 1. The van der Waals surface area contributed by atoms with Crippen LogP contribution in [0.15, 0.2) is 11.1 Å². The van der Waals surface area contributed by atoms with Gasteiger partial charge in [-0.2, -0.15) is 4.98 Å². The fourth-order valence-electron chi connectivity index (χ4n) is 2.40. The summed E-state index contributed by atoms with van der Waals surface area (Å²) in [5, 5.41) is 20.1. The number of fused-ring (bicyclic) bond motifs is 1. The maximum Gasteiger partial charge on any atom is 0.469 e. The molecular weight excluding hydrogens is 349 g/mol. The van der Waals surface area contributed by atoms with E-state index in [2.05, 4.69) is 19.5 Å². The molecule has 13 nitrogen and oxygen atoms in total. The Kier molecular flexibility index (Phi) is 4.17. The highest BCUT2D eigenvalue weighted by atomic mass is 31.2. The lowest BCUT2D eigenvalue weighted by Gasteiger charge is -2.16. The quantitative estimate of drug-likeness (QED) is 0.311. The van der Waals surface area contributed by atoms with Gasteiger partial charge < -0.3 is 30.5 Å². The van der Waals surface area contributed by atoms with E-state index in [-0.39, 0.29) is 17.1 Å². The highest BCUT2D eigenvalue weighted by molar-refractivity contribution is 7.46. The molecule has 3 rings (SSSR count). The molecule has 1 fully saturated rings. The van der Waals surface area contributed by atoms with Crippen molar-refractivity contribution in [3.05, 3.63) is 16.7 Å². The second-order valence-corrected chi connectivity index (χ2v) is 6.35. The van der Waals surface area contributed by atoms with Crippen LogP contribution in [0, 0.1) is 0 Å². The third-order valence-electron chi connectivity index (χ3n) is 3.47. The van der Waals surface area contributed by atoms with E-state index in [0.717, 1.165) is 0 Å². The highest BCUT2D eigenvalue weighted by Gasteiger charge is 2.45. The molecule has 0 aliphatic carbocycles. The lowest BCUT2D eigenvalue weighted by atomic mass is 10.1. The van der Waals surface area contributed by atoms with Crippen LogP contribution in [-0.4, -0.2) is 64.4 Å². The van der Waals surface area contributed by atoms with Crippen LogP contribution in [0.1, 0.15) is 6.23 Å². The van der Waals surface area contributed by atoms with Crippen molar-refractivity contribution >= 4 is 24.9 Å². The van der Waals surface area contributed by atoms with Crippen molar-refractivity contribution in [1.29, 1.82) is 0 Å². The third-order valence-corrected chi connectivity index (χ3v) is 3.95. The molecular formula is C10H14N5O8P. The van der Waals surface area contributed by atoms with Crippen molar-refractivity contribution in [3.8, 4) is 0 Å². The maximum atomic E-state index is 11.7. The predicted molar refractivity (Wildman–Crippen MR) is 76.5 cm³/mol. The van der Waals surface area contributed by atoms with Gasteiger partial charge in [0.2, 0.25) is 5.95 Å². The molecule has 0 saturated carbocycles. The first-order valence-corrected chi connectivity index (χ1v) is 8.14. The number of hydrogen-bond donors (Lipinski definition) is 6. The van der Waals surface area contributed by atoms with Crippen molar-refractivity contribution in [1.82, 2.24) is 19.5 Å². The first-order valence-electron chi connectivity index (χ1n) is 6.61. The largest absolute Gasteiger partial charge is 0.469 e. The van der Waals surface area contributed by atoms with Gasteiger partial charge >= 0.3 is 7.82 Å². The molecule has 0 spiro atoms. The van der Waals surface area contributed by atoms with Crippen LogP contribution in [0.4, 0.5) is 5.95 Å². The number of aromatic nitrogens is 4. The highest BCUT2D eigenvalue weighted by Crippen LogP contribution is 2.38. The first-order chi connectivity index (χ1) is 11.2. The second-order valence-electron chi connectivity index (χ2n) is 5.11. The lowest BCUT2D eigenvalue weighted by molar-refractivity contribution is -0.0503. The number of nitrogen functional groups attached to an aromatic ring is 1. The summed E-state index contributed by atoms with van der Waals surface area (Å²) in [6.07, 6.45) is -4.22. The molecule has 0 aromatic carbocycles. The summed E-state index contributed by atoms with van der Waals surface area (Å²) >= 11 is 0. The number of phosphoric ester groups is 1. The van der Waals surface area contributed by atoms with Gasteiger partial charge in [-0.3, -0.25) is 18.9 Å². The Morgan fingerprint density at radius 2 is 2.12 bits per heavy atom. The van der Waals surface area contributed by atoms with Crippen LogP contribution >= 0.6 is 7.82 Å². The number of hydrogen-bond acceptors (Lipinski definition) is 9. The van der Waals surface area contributed by atoms with Gasteiger partial charge in [-0.15, -0.1) is 0 Å². The van der Waals surface area contributed by atoms with Gasteiger partial charge in [0.05, 0.1) is 12.9 Å². The molecule has 1 saturated heterocycles. The Bertz CT molecular complexity index is 861. The summed E-state index contributed by atoms with van der Waals surface area (Å²) in [4.78, 5) is 39.1. The zero-order chi connectivity index (χ0) is 17.6. The minimum absolute atomic E-state index is 0.0176. The van der Waals surface area contributed by atoms with E-state index >= 15 is 0 Å². The standard InChI is InChI=1S/C10H14N5O8P/c11-10-13-7-4(8(18)14-10)12-2-15(7)9-6(17)5(16)3(23-9)1-22-24(19,20)21/h2-3,5-6,9,16-17H,1H2,(H2,19,20,21)(H3,11,13,14,18)/t3-,5-,6?,9-/m1/s1. The number of imidazole rings is 1. The molecule has 0 radical (unpaired) electrons. The molecule has 3 heterocycles. The van der Waals surface area contributed by atoms with E-state index in [4.69, 9.17) is 20.3 Å². The minimum atomic E-state index is -4.76. The molecule has 132 valence electrons. The Morgan fingerprint density at radius 1 is 1.42 bits per heavy atom. The molecule has 2 aromatic heterocycles. The third kappa shape index (κ3) is 3.06. The molecule has 0 bridgehead atoms. The van der Waals surface area contributed by atoms with Crippen molar-refractivity contribution in [3.63, 3.8) is 0 Å². The van der Waals surface area contributed by atoms with Gasteiger partial charge in [-0.05, 0) is 0 Å². The van der Waals surface area contributed by atoms with Gasteiger partial charge in [-0.25, -0.2) is 9.55 Å². The molecule has 1 aliphatic heterocycles. The number of aliphatic hydroxyl groups excluding tert-OH is 2. The van der Waals surface area contributed by atoms with Crippen LogP contribution in [0.25, 0.3) is 11.2 Å². The van der Waals surface area contributed by atoms with Crippen LogP contribution in [-0.2, 0) is 13.8 Å². The SMILES string of the molecule is Nc1nc2c(ncn2[C@@H]2O[C@H](COP(=O)(O)O)[C@@H](O)C2O)c(=O)[nH]1. The van der Waals surface area contributed by atoms with Crippen LogP contribution in [0.3, 0.4) is 0 Å². The van der Waals surface area contributed by atoms with E-state index in [0.29, 0.717) is 0 Å². The fraction of sp³-hybridized carbons (Fsp3) is 0.500. The summed E-state index contributed by atoms with van der Waals surface area (Å²) in [5.74, 6) is -0.177. The molecule has 1 unspecified atom stereocenters. The van der Waals surface area contributed by atoms with E-state index in [1.54, 1.807) is 0 Å². The second kappa shape index (κ2) is 5.89. The van der Waals surface area contributed by atoms with Crippen molar-refractivity contribution < 1.29 is 33.8 Å². The number of aliphatic hydroxyl groups is 2. The van der Waals surface area contributed by atoms with Crippen molar-refractivity contribution in [2.45, 2.75) is 24.5 Å². The minimum Gasteiger partial charge on any atom is -0.387 e. The van der Waals surface area contributed by atoms with Gasteiger partial charge in [-0.1, -0.05) is 0 Å². The van der Waals surface area contributed by atoms with Crippen LogP contribution < -0.4 is 11.3 Å². The molecule has 4 atom stereocenters. The number of nitrogens with zero attached hydrogens (tertiary/aromatic N) is 3. The summed E-state index contributed by atoms with van der Waals surface area (Å²) in [7, 11) is -4.76. The zero-order valence-electron chi connectivity index (χ0n) is 11.9. The number of phosphoric acid groups is 1. The number of aromatic amines is 1. The average molecular weight is 363 g/mol. The average Bonchev–Trinajstić information content (AvgIpc) is 3.00. The Hall–Kier alpha value is -1.86. The molecule has 14 heteroatoms. The summed E-state index contributed by atoms with van der Waals surface area (Å²) in [5.41, 5.74) is 4.84. The molecule has 1 aliphatic rings. The van der Waals surface area contributed by atoms with Crippen molar-refractivity contribution in [2.75, 3.05) is 12.3 Å². The number of H-pyrrole nitrogens is 1. The fourth-order valence-corrected chi connectivity index (χ4v) is 2.74. The summed E-state index contributed by atoms with van der Waals surface area (Å²) < 4.78 is 21.6. The van der Waals surface area contributed by atoms with Gasteiger partial charge in [0.1, 0.15) is 18.3 Å². The van der Waals surface area contributed by atoms with Gasteiger partial charge in [0.25, 0.3) is 5.56 Å². The zero-order valence-corrected chi connectivity index (χ0v) is 12.8. The van der Waals surface area contributed by atoms with E-state index < -0.39 is 44.5 Å². The number of rotatable bonds is 4. The van der Waals surface area contributed by atoms with Gasteiger partial charge in [0.15, 0.2) is 17.4 Å². The van der Waals surface area contributed by atoms with Crippen LogP contribution in [0.5, 0.6) is 0 Å². The number of nitrogens with two attached hydrogens (primary N) is 1. The van der Waals surface area contributed by atoms with Crippen molar-refractivity contribution in [2.24, 2.45) is 0 Å². The number of nitrogens with one attached hydrogen (secondary N) is 1. The summed E-state index contributed by atoms with van der Waals surface area (Å²) in [6.45, 7) is -0.651. The lowest BCUT2D eigenvalue weighted by Crippen LogP contribution is -2.33. The normalized spacial score (nSPS) is 27.8. The number of ether oxygens (including phenoxy) is 1. The molecule has 2 aromatic rings. The Labute approximate surface area is 132 Å². The Morgan fingerprint density at radius 3 is 2.79 bits per heavy atom. The van der Waals surface area contributed by atoms with E-state index in [1.165, 1.54) is 10.9 Å².